The minimum Gasteiger partial charge on any atom is -0.374 e. The SMILES string of the molecule is CC(C)C1CCN(C(=O)[C@@H](NC(=O)NC(C)(C)COCc2ccccc2)C(C)(C)C)[C@@H]1C(=O)NC(CC1CCC1)C(=O)C(N)=O. The van der Waals surface area contributed by atoms with Gasteiger partial charge in [0, 0.05) is 6.54 Å². The van der Waals surface area contributed by atoms with Crippen molar-refractivity contribution >= 4 is 29.5 Å². The third kappa shape index (κ3) is 10.0. The number of carbonyl (C=O) groups excluding carboxylic acids is 5. The Balaban J connectivity index is 1.73. The second-order valence-electron chi connectivity index (χ2n) is 14.8. The van der Waals surface area contributed by atoms with Crippen LogP contribution in [0.1, 0.15) is 86.1 Å². The predicted molar refractivity (Wildman–Crippen MR) is 172 cm³/mol. The molecule has 3 rings (SSSR count). The molecule has 5 amide bonds. The van der Waals surface area contributed by atoms with Crippen molar-refractivity contribution in [1.82, 2.24) is 20.9 Å². The fourth-order valence-electron chi connectivity index (χ4n) is 6.14. The van der Waals surface area contributed by atoms with Crippen LogP contribution in [-0.4, -0.2) is 71.3 Å². The van der Waals surface area contributed by atoms with Crippen LogP contribution >= 0.6 is 0 Å². The molecule has 1 aromatic carbocycles. The van der Waals surface area contributed by atoms with E-state index in [4.69, 9.17) is 10.5 Å². The molecule has 2 aliphatic rings. The van der Waals surface area contributed by atoms with E-state index >= 15 is 0 Å². The number of carbonyl (C=O) groups is 5. The molecular weight excluding hydrogens is 574 g/mol. The Morgan fingerprint density at radius 2 is 1.62 bits per heavy atom. The van der Waals surface area contributed by atoms with Gasteiger partial charge in [-0.05, 0) is 55.4 Å². The number of nitrogens with two attached hydrogens (primary N) is 1. The Morgan fingerprint density at radius 3 is 2.16 bits per heavy atom. The van der Waals surface area contributed by atoms with Gasteiger partial charge in [0.1, 0.15) is 12.1 Å². The molecule has 45 heavy (non-hydrogen) atoms. The lowest BCUT2D eigenvalue weighted by Gasteiger charge is -2.38. The molecule has 1 aliphatic carbocycles. The summed E-state index contributed by atoms with van der Waals surface area (Å²) in [5.74, 6) is -2.64. The molecule has 1 aromatic rings. The summed E-state index contributed by atoms with van der Waals surface area (Å²) >= 11 is 0. The second-order valence-corrected chi connectivity index (χ2v) is 14.8. The number of ether oxygens (including phenoxy) is 1. The molecule has 11 heteroatoms. The molecule has 2 unspecified atom stereocenters. The number of nitrogens with zero attached hydrogens (tertiary/aromatic N) is 1. The Kier molecular flexibility index (Phi) is 12.2. The molecule has 4 atom stereocenters. The van der Waals surface area contributed by atoms with Gasteiger partial charge in [-0.3, -0.25) is 19.2 Å². The van der Waals surface area contributed by atoms with Crippen molar-refractivity contribution in [2.45, 2.75) is 111 Å². The van der Waals surface area contributed by atoms with Crippen molar-refractivity contribution in [1.29, 1.82) is 0 Å². The quantitative estimate of drug-likeness (QED) is 0.232. The van der Waals surface area contributed by atoms with Gasteiger partial charge in [-0.1, -0.05) is 84.2 Å². The van der Waals surface area contributed by atoms with Gasteiger partial charge in [0.2, 0.25) is 17.6 Å². The van der Waals surface area contributed by atoms with Crippen LogP contribution < -0.4 is 21.7 Å². The van der Waals surface area contributed by atoms with Crippen LogP contribution in [0.25, 0.3) is 0 Å². The van der Waals surface area contributed by atoms with Gasteiger partial charge in [0.05, 0.1) is 24.8 Å². The molecule has 1 saturated carbocycles. The van der Waals surface area contributed by atoms with Gasteiger partial charge in [0.25, 0.3) is 5.91 Å². The molecule has 1 saturated heterocycles. The van der Waals surface area contributed by atoms with E-state index in [0.29, 0.717) is 26.0 Å². The normalized spacial score (nSPS) is 20.2. The molecule has 1 heterocycles. The monoisotopic (exact) mass is 627 g/mol. The van der Waals surface area contributed by atoms with E-state index in [2.05, 4.69) is 16.0 Å². The largest absolute Gasteiger partial charge is 0.374 e. The first-order valence-electron chi connectivity index (χ1n) is 16.1. The highest BCUT2D eigenvalue weighted by Gasteiger charge is 2.48. The summed E-state index contributed by atoms with van der Waals surface area (Å²) < 4.78 is 5.84. The predicted octanol–water partition coefficient (Wildman–Crippen LogP) is 3.30. The fraction of sp³-hybridized carbons (Fsp3) is 0.676. The Hall–Kier alpha value is -3.47. The molecule has 0 radical (unpaired) electrons. The smallest absolute Gasteiger partial charge is 0.315 e. The lowest BCUT2D eigenvalue weighted by atomic mass is 9.80. The summed E-state index contributed by atoms with van der Waals surface area (Å²) in [4.78, 5) is 67.3. The maximum absolute atomic E-state index is 14.2. The summed E-state index contributed by atoms with van der Waals surface area (Å²) in [6.07, 6.45) is 3.84. The van der Waals surface area contributed by atoms with Gasteiger partial charge >= 0.3 is 6.03 Å². The van der Waals surface area contributed by atoms with E-state index in [1.165, 1.54) is 4.90 Å². The van der Waals surface area contributed by atoms with Gasteiger partial charge in [0.15, 0.2) is 0 Å². The number of rotatable bonds is 14. The standard InChI is InChI=1S/C34H53N5O6/c1-21(2)24-16-17-39(26(24)30(42)36-25(27(40)29(35)41)18-22-14-11-15-22)31(43)28(33(3,4)5)37-32(44)38-34(6,7)20-45-19-23-12-9-8-10-13-23/h8-10,12-13,21-22,24-26,28H,11,14-20H2,1-7H3,(H2,35,41)(H,36,42)(H2,37,38,44)/t24?,25?,26-,28+/m0/s1. The maximum atomic E-state index is 14.2. The van der Waals surface area contributed by atoms with Crippen LogP contribution in [0.15, 0.2) is 30.3 Å². The molecule has 250 valence electrons. The summed E-state index contributed by atoms with van der Waals surface area (Å²) in [6.45, 7) is 14.2. The number of nitrogens with one attached hydrogen (secondary N) is 3. The number of primary amides is 1. The molecule has 0 aromatic heterocycles. The maximum Gasteiger partial charge on any atom is 0.315 e. The number of amides is 5. The third-order valence-electron chi connectivity index (χ3n) is 8.94. The Labute approximate surface area is 267 Å². The van der Waals surface area contributed by atoms with Crippen molar-refractivity contribution in [3.05, 3.63) is 35.9 Å². The molecule has 5 N–H and O–H groups in total. The lowest BCUT2D eigenvalue weighted by Crippen LogP contribution is -2.62. The van der Waals surface area contributed by atoms with Crippen molar-refractivity contribution < 1.29 is 28.7 Å². The number of urea groups is 1. The first-order chi connectivity index (χ1) is 21.0. The molecule has 0 spiro atoms. The third-order valence-corrected chi connectivity index (χ3v) is 8.94. The highest BCUT2D eigenvalue weighted by atomic mass is 16.5. The second kappa shape index (κ2) is 15.2. The van der Waals surface area contributed by atoms with Crippen LogP contribution in [0.4, 0.5) is 4.79 Å². The first-order valence-corrected chi connectivity index (χ1v) is 16.1. The Bertz CT molecular complexity index is 1210. The minimum absolute atomic E-state index is 0.0662. The number of ketones is 1. The summed E-state index contributed by atoms with van der Waals surface area (Å²) in [5.41, 5.74) is 4.93. The van der Waals surface area contributed by atoms with Gasteiger partial charge in [-0.2, -0.15) is 0 Å². The van der Waals surface area contributed by atoms with Crippen LogP contribution in [0.2, 0.25) is 0 Å². The number of likely N-dealkylation sites (tertiary alicyclic amines) is 1. The van der Waals surface area contributed by atoms with Gasteiger partial charge in [-0.15, -0.1) is 0 Å². The van der Waals surface area contributed by atoms with Crippen LogP contribution in [0, 0.1) is 23.2 Å². The highest BCUT2D eigenvalue weighted by Crippen LogP contribution is 2.34. The number of hydrogen-bond donors (Lipinski definition) is 4. The Morgan fingerprint density at radius 1 is 0.978 bits per heavy atom. The number of hydrogen-bond acceptors (Lipinski definition) is 6. The average molecular weight is 628 g/mol. The molecule has 1 aliphatic heterocycles. The van der Waals surface area contributed by atoms with E-state index < -0.39 is 52.7 Å². The topological polar surface area (TPSA) is 160 Å². The molecule has 0 bridgehead atoms. The highest BCUT2D eigenvalue weighted by molar-refractivity contribution is 6.37. The first kappa shape index (κ1) is 36.0. The van der Waals surface area contributed by atoms with E-state index in [1.807, 2.05) is 78.8 Å². The van der Waals surface area contributed by atoms with Crippen LogP contribution in [0.3, 0.4) is 0 Å². The number of Topliss-reactive ketones (excluding diaryl/α,β-unsaturated/α-hetero) is 1. The van der Waals surface area contributed by atoms with Crippen molar-refractivity contribution in [2.75, 3.05) is 13.2 Å². The molecule has 2 fully saturated rings. The molecular formula is C34H53N5O6. The van der Waals surface area contributed by atoms with E-state index in [-0.39, 0.29) is 30.3 Å². The molecule has 11 nitrogen and oxygen atoms in total. The summed E-state index contributed by atoms with van der Waals surface area (Å²) in [5, 5.41) is 8.59. The van der Waals surface area contributed by atoms with Crippen molar-refractivity contribution in [3.63, 3.8) is 0 Å². The van der Waals surface area contributed by atoms with E-state index in [0.717, 1.165) is 24.8 Å². The zero-order chi connectivity index (χ0) is 33.5. The average Bonchev–Trinajstić information content (AvgIpc) is 3.37. The van der Waals surface area contributed by atoms with Crippen molar-refractivity contribution in [3.8, 4) is 0 Å². The zero-order valence-corrected chi connectivity index (χ0v) is 28.0. The van der Waals surface area contributed by atoms with Crippen LogP contribution in [0.5, 0.6) is 0 Å². The fourth-order valence-corrected chi connectivity index (χ4v) is 6.14. The summed E-state index contributed by atoms with van der Waals surface area (Å²) in [7, 11) is 0. The zero-order valence-electron chi connectivity index (χ0n) is 28.0. The van der Waals surface area contributed by atoms with Gasteiger partial charge in [-0.25, -0.2) is 4.79 Å². The summed E-state index contributed by atoms with van der Waals surface area (Å²) in [6, 6.07) is 6.38. The van der Waals surface area contributed by atoms with E-state index in [9.17, 15) is 24.0 Å². The lowest BCUT2D eigenvalue weighted by molar-refractivity contribution is -0.144. The van der Waals surface area contributed by atoms with E-state index in [1.54, 1.807) is 0 Å². The number of benzene rings is 1. The van der Waals surface area contributed by atoms with Crippen LogP contribution in [-0.2, 0) is 30.5 Å². The van der Waals surface area contributed by atoms with Crippen molar-refractivity contribution in [2.24, 2.45) is 28.9 Å². The minimum atomic E-state index is -1.09. The van der Waals surface area contributed by atoms with Gasteiger partial charge < -0.3 is 31.3 Å².